The third-order valence-corrected chi connectivity index (χ3v) is 4.06. The van der Waals surface area contributed by atoms with E-state index in [1.807, 2.05) is 19.1 Å². The summed E-state index contributed by atoms with van der Waals surface area (Å²) >= 11 is 0. The molecule has 1 aliphatic carbocycles. The van der Waals surface area contributed by atoms with Crippen molar-refractivity contribution in [3.63, 3.8) is 0 Å². The fraction of sp³-hybridized carbons (Fsp3) is 0.625. The molecule has 2 heteroatoms. The molecule has 1 aromatic carbocycles. The summed E-state index contributed by atoms with van der Waals surface area (Å²) in [5.74, 6) is 0.296. The Bertz CT molecular complexity index is 413. The average molecular weight is 248 g/mol. The Kier molecular flexibility index (Phi) is 2.97. The van der Waals surface area contributed by atoms with Gasteiger partial charge in [-0.05, 0) is 54.7 Å². The summed E-state index contributed by atoms with van der Waals surface area (Å²) in [6.45, 7) is 8.60. The van der Waals surface area contributed by atoms with E-state index in [4.69, 9.17) is 0 Å². The Balaban J connectivity index is 2.37. The van der Waals surface area contributed by atoms with Gasteiger partial charge in [-0.2, -0.15) is 0 Å². The molecule has 2 nitrogen and oxygen atoms in total. The number of phenolic OH excluding ortho intramolecular Hbond substituents is 1. The lowest BCUT2D eigenvalue weighted by Crippen LogP contribution is -2.47. The lowest BCUT2D eigenvalue weighted by Gasteiger charge is -2.50. The van der Waals surface area contributed by atoms with Crippen molar-refractivity contribution in [3.8, 4) is 5.75 Å². The molecule has 1 aliphatic rings. The number of rotatable bonds is 1. The van der Waals surface area contributed by atoms with Crippen LogP contribution >= 0.6 is 0 Å². The summed E-state index contributed by atoms with van der Waals surface area (Å²) < 4.78 is 0. The molecule has 0 aliphatic heterocycles. The molecule has 18 heavy (non-hydrogen) atoms. The van der Waals surface area contributed by atoms with Crippen LogP contribution in [0.1, 0.15) is 52.5 Å². The summed E-state index contributed by atoms with van der Waals surface area (Å²) in [5, 5.41) is 19.9. The van der Waals surface area contributed by atoms with Crippen LogP contribution in [0.2, 0.25) is 0 Å². The maximum absolute atomic E-state index is 10.5. The van der Waals surface area contributed by atoms with E-state index in [0.717, 1.165) is 19.3 Å². The molecule has 2 rings (SSSR count). The molecule has 0 radical (unpaired) electrons. The van der Waals surface area contributed by atoms with Crippen molar-refractivity contribution in [2.75, 3.05) is 0 Å². The Labute approximate surface area is 110 Å². The Hall–Kier alpha value is -1.02. The zero-order valence-electron chi connectivity index (χ0n) is 11.8. The maximum atomic E-state index is 10.5. The second-order valence-corrected chi connectivity index (χ2v) is 7.30. The van der Waals surface area contributed by atoms with Crippen molar-refractivity contribution in [3.05, 3.63) is 29.8 Å². The van der Waals surface area contributed by atoms with Gasteiger partial charge in [0.1, 0.15) is 5.75 Å². The predicted molar refractivity (Wildman–Crippen MR) is 73.7 cm³/mol. The topological polar surface area (TPSA) is 40.5 Å². The van der Waals surface area contributed by atoms with Crippen LogP contribution in [0, 0.1) is 5.41 Å². The van der Waals surface area contributed by atoms with Gasteiger partial charge in [-0.25, -0.2) is 0 Å². The second kappa shape index (κ2) is 3.99. The van der Waals surface area contributed by atoms with Gasteiger partial charge in [0.05, 0.1) is 5.60 Å². The maximum Gasteiger partial charge on any atom is 0.115 e. The van der Waals surface area contributed by atoms with Gasteiger partial charge in [0.25, 0.3) is 0 Å². The van der Waals surface area contributed by atoms with Crippen molar-refractivity contribution in [1.29, 1.82) is 0 Å². The molecule has 0 saturated heterocycles. The van der Waals surface area contributed by atoms with Crippen LogP contribution in [0.5, 0.6) is 5.75 Å². The number of hydrogen-bond donors (Lipinski definition) is 2. The van der Waals surface area contributed by atoms with Gasteiger partial charge in [-0.3, -0.25) is 0 Å². The van der Waals surface area contributed by atoms with Crippen molar-refractivity contribution in [2.24, 2.45) is 5.41 Å². The molecule has 0 aromatic heterocycles. The van der Waals surface area contributed by atoms with E-state index in [0.29, 0.717) is 5.75 Å². The van der Waals surface area contributed by atoms with Crippen LogP contribution in [0.3, 0.4) is 0 Å². The number of benzene rings is 1. The highest BCUT2D eigenvalue weighted by atomic mass is 16.3. The van der Waals surface area contributed by atoms with E-state index >= 15 is 0 Å². The smallest absolute Gasteiger partial charge is 0.115 e. The minimum Gasteiger partial charge on any atom is -0.508 e. The summed E-state index contributed by atoms with van der Waals surface area (Å²) in [5.41, 5.74) is 0.690. The third kappa shape index (κ3) is 2.69. The van der Waals surface area contributed by atoms with Gasteiger partial charge in [0.2, 0.25) is 0 Å². The molecule has 1 aromatic rings. The van der Waals surface area contributed by atoms with E-state index in [-0.39, 0.29) is 10.8 Å². The van der Waals surface area contributed by atoms with Gasteiger partial charge in [0.15, 0.2) is 0 Å². The van der Waals surface area contributed by atoms with E-state index < -0.39 is 5.60 Å². The highest BCUT2D eigenvalue weighted by Gasteiger charge is 2.46. The molecule has 0 amide bonds. The summed E-state index contributed by atoms with van der Waals surface area (Å²) in [6, 6.07) is 7.42. The SMILES string of the molecule is CC1(C)CC(C)(O)CC(C)(c2ccc(O)cc2)C1. The van der Waals surface area contributed by atoms with Crippen molar-refractivity contribution in [2.45, 2.75) is 58.0 Å². The zero-order valence-corrected chi connectivity index (χ0v) is 11.8. The van der Waals surface area contributed by atoms with Crippen LogP contribution in [-0.2, 0) is 5.41 Å². The predicted octanol–water partition coefficient (Wildman–Crippen LogP) is 3.61. The van der Waals surface area contributed by atoms with E-state index in [1.54, 1.807) is 12.1 Å². The number of aromatic hydroxyl groups is 1. The molecule has 0 bridgehead atoms. The van der Waals surface area contributed by atoms with Gasteiger partial charge in [0, 0.05) is 0 Å². The molecular formula is C16H24O2. The third-order valence-electron chi connectivity index (χ3n) is 4.06. The highest BCUT2D eigenvalue weighted by molar-refractivity contribution is 5.32. The number of hydrogen-bond acceptors (Lipinski definition) is 2. The minimum absolute atomic E-state index is 0.0288. The van der Waals surface area contributed by atoms with Gasteiger partial charge < -0.3 is 10.2 Å². The largest absolute Gasteiger partial charge is 0.508 e. The average Bonchev–Trinajstić information content (AvgIpc) is 2.12. The van der Waals surface area contributed by atoms with Crippen molar-refractivity contribution < 1.29 is 10.2 Å². The first kappa shape index (κ1) is 13.4. The van der Waals surface area contributed by atoms with Gasteiger partial charge >= 0.3 is 0 Å². The van der Waals surface area contributed by atoms with Crippen molar-refractivity contribution >= 4 is 0 Å². The lowest BCUT2D eigenvalue weighted by atomic mass is 9.57. The molecular weight excluding hydrogens is 224 g/mol. The Morgan fingerprint density at radius 3 is 1.94 bits per heavy atom. The van der Waals surface area contributed by atoms with E-state index in [9.17, 15) is 10.2 Å². The molecule has 0 heterocycles. The second-order valence-electron chi connectivity index (χ2n) is 7.30. The fourth-order valence-electron chi connectivity index (χ4n) is 4.18. The van der Waals surface area contributed by atoms with Crippen LogP contribution in [0.25, 0.3) is 0 Å². The minimum atomic E-state index is -0.617. The van der Waals surface area contributed by atoms with E-state index in [2.05, 4.69) is 20.8 Å². The Morgan fingerprint density at radius 2 is 1.44 bits per heavy atom. The quantitative estimate of drug-likeness (QED) is 0.797. The van der Waals surface area contributed by atoms with Crippen molar-refractivity contribution in [1.82, 2.24) is 0 Å². The summed E-state index contributed by atoms with van der Waals surface area (Å²) in [7, 11) is 0. The van der Waals surface area contributed by atoms with Gasteiger partial charge in [-0.1, -0.05) is 32.9 Å². The molecule has 100 valence electrons. The Morgan fingerprint density at radius 1 is 0.889 bits per heavy atom. The van der Waals surface area contributed by atoms with E-state index in [1.165, 1.54) is 5.56 Å². The first-order valence-corrected chi connectivity index (χ1v) is 6.64. The fourth-order valence-corrected chi connectivity index (χ4v) is 4.18. The molecule has 2 atom stereocenters. The molecule has 1 fully saturated rings. The molecule has 0 spiro atoms. The summed E-state index contributed by atoms with van der Waals surface area (Å²) in [6.07, 6.45) is 2.67. The molecule has 1 saturated carbocycles. The zero-order chi connectivity index (χ0) is 13.6. The van der Waals surface area contributed by atoms with Crippen LogP contribution < -0.4 is 0 Å². The molecule has 2 N–H and O–H groups in total. The first-order chi connectivity index (χ1) is 8.12. The normalized spacial score (nSPS) is 35.4. The monoisotopic (exact) mass is 248 g/mol. The van der Waals surface area contributed by atoms with Crippen LogP contribution in [0.4, 0.5) is 0 Å². The van der Waals surface area contributed by atoms with Crippen LogP contribution in [0.15, 0.2) is 24.3 Å². The first-order valence-electron chi connectivity index (χ1n) is 6.64. The number of aliphatic hydroxyl groups is 1. The standard InChI is InChI=1S/C16H24O2/c1-14(2)9-15(3,11-16(4,18)10-14)12-5-7-13(17)8-6-12/h5-8,17-18H,9-11H2,1-4H3. The molecule has 2 unspecified atom stereocenters. The highest BCUT2D eigenvalue weighted by Crippen LogP contribution is 2.51. The van der Waals surface area contributed by atoms with Crippen LogP contribution in [-0.4, -0.2) is 15.8 Å². The summed E-state index contributed by atoms with van der Waals surface area (Å²) in [4.78, 5) is 0. The van der Waals surface area contributed by atoms with Gasteiger partial charge in [-0.15, -0.1) is 0 Å². The number of phenols is 1. The lowest BCUT2D eigenvalue weighted by molar-refractivity contribution is -0.0547.